The Morgan fingerprint density at radius 3 is 2.40 bits per heavy atom. The number of nitrogens with one attached hydrogen (secondary N) is 2. The molecule has 30 heavy (non-hydrogen) atoms. The number of carboxylic acids is 1. The molecule has 3 aromatic rings. The van der Waals surface area contributed by atoms with Crippen molar-refractivity contribution < 1.29 is 14.7 Å². The number of carboxylic acid groups (broad SMARTS) is 1. The zero-order chi connectivity index (χ0) is 22.0. The Balaban J connectivity index is 1.88. The molecule has 0 radical (unpaired) electrons. The van der Waals surface area contributed by atoms with E-state index in [2.05, 4.69) is 15.6 Å². The molecule has 154 valence electrons. The van der Waals surface area contributed by atoms with Crippen molar-refractivity contribution in [3.63, 3.8) is 0 Å². The summed E-state index contributed by atoms with van der Waals surface area (Å²) < 4.78 is 1.44. The van der Waals surface area contributed by atoms with E-state index in [-0.39, 0.29) is 16.7 Å². The van der Waals surface area contributed by atoms with Crippen LogP contribution in [0, 0.1) is 20.8 Å². The smallest absolute Gasteiger partial charge is 0.335 e. The number of rotatable bonds is 5. The molecule has 3 rings (SSSR count). The van der Waals surface area contributed by atoms with Crippen LogP contribution in [0.4, 0.5) is 0 Å². The predicted molar refractivity (Wildman–Crippen MR) is 114 cm³/mol. The van der Waals surface area contributed by atoms with E-state index in [1.807, 2.05) is 32.0 Å². The van der Waals surface area contributed by atoms with Gasteiger partial charge in [0.25, 0.3) is 11.5 Å². The molecular formula is C22H22N4O4. The summed E-state index contributed by atoms with van der Waals surface area (Å²) in [5.41, 5.74) is 6.46. The minimum atomic E-state index is -1.13. The lowest BCUT2D eigenvalue weighted by atomic mass is 10.1. The number of H-pyrrole nitrogens is 1. The van der Waals surface area contributed by atoms with Crippen LogP contribution < -0.4 is 11.0 Å². The molecule has 1 aromatic heterocycles. The number of hydrazone groups is 1. The van der Waals surface area contributed by atoms with E-state index in [4.69, 9.17) is 5.11 Å². The summed E-state index contributed by atoms with van der Waals surface area (Å²) in [5, 5.41) is 16.1. The lowest BCUT2D eigenvalue weighted by Crippen LogP contribution is -2.23. The molecule has 8 nitrogen and oxygen atoms in total. The number of hydrogen-bond acceptors (Lipinski definition) is 4. The normalized spacial score (nSPS) is 11.4. The fraction of sp³-hybridized carbons (Fsp3) is 0.182. The van der Waals surface area contributed by atoms with E-state index in [0.29, 0.717) is 22.7 Å². The summed E-state index contributed by atoms with van der Waals surface area (Å²) in [7, 11) is 0. The number of benzene rings is 2. The number of nitrogens with zero attached hydrogens (tertiary/aromatic N) is 2. The minimum absolute atomic E-state index is 0.00103. The SMILES string of the molecule is C/C(=N\NC(=O)c1cccc(C(=O)O)c1)c1c(C)[nH]n(-c2ccc(C)c(C)c2)c1=O. The van der Waals surface area contributed by atoms with Gasteiger partial charge in [-0.1, -0.05) is 12.1 Å². The molecule has 3 N–H and O–H groups in total. The first-order chi connectivity index (χ1) is 14.2. The number of carbonyl (C=O) groups excluding carboxylic acids is 1. The van der Waals surface area contributed by atoms with Crippen LogP contribution in [0.3, 0.4) is 0 Å². The molecule has 0 atom stereocenters. The lowest BCUT2D eigenvalue weighted by molar-refractivity contribution is 0.0697. The molecule has 0 spiro atoms. The molecule has 0 saturated carbocycles. The molecule has 2 aromatic carbocycles. The Hall–Kier alpha value is -3.94. The van der Waals surface area contributed by atoms with Crippen LogP contribution in [0.25, 0.3) is 5.69 Å². The van der Waals surface area contributed by atoms with Crippen molar-refractivity contribution >= 4 is 17.6 Å². The van der Waals surface area contributed by atoms with Crippen LogP contribution in [0.15, 0.2) is 52.4 Å². The van der Waals surface area contributed by atoms with Crippen molar-refractivity contribution in [3.05, 3.63) is 86.3 Å². The van der Waals surface area contributed by atoms with Crippen molar-refractivity contribution in [1.29, 1.82) is 0 Å². The zero-order valence-electron chi connectivity index (χ0n) is 17.1. The maximum Gasteiger partial charge on any atom is 0.335 e. The number of aromatic carboxylic acids is 1. The number of aromatic amines is 1. The number of hydrogen-bond donors (Lipinski definition) is 3. The minimum Gasteiger partial charge on any atom is -0.478 e. The van der Waals surface area contributed by atoms with Gasteiger partial charge in [0.15, 0.2) is 0 Å². The van der Waals surface area contributed by atoms with Crippen LogP contribution >= 0.6 is 0 Å². The van der Waals surface area contributed by atoms with Crippen LogP contribution in [0.2, 0.25) is 0 Å². The summed E-state index contributed by atoms with van der Waals surface area (Å²) >= 11 is 0. The first-order valence-corrected chi connectivity index (χ1v) is 9.26. The van der Waals surface area contributed by atoms with E-state index in [9.17, 15) is 14.4 Å². The maximum absolute atomic E-state index is 12.9. The molecule has 8 heteroatoms. The third-order valence-corrected chi connectivity index (χ3v) is 4.88. The molecule has 0 aliphatic heterocycles. The third kappa shape index (κ3) is 4.07. The Labute approximate surface area is 172 Å². The van der Waals surface area contributed by atoms with Crippen molar-refractivity contribution in [2.75, 3.05) is 0 Å². The summed E-state index contributed by atoms with van der Waals surface area (Å²) in [4.78, 5) is 36.3. The van der Waals surface area contributed by atoms with Crippen molar-refractivity contribution in [3.8, 4) is 5.69 Å². The summed E-state index contributed by atoms with van der Waals surface area (Å²) in [6, 6.07) is 11.3. The van der Waals surface area contributed by atoms with Gasteiger partial charge in [-0.3, -0.25) is 14.7 Å². The zero-order valence-corrected chi connectivity index (χ0v) is 17.1. The second-order valence-electron chi connectivity index (χ2n) is 7.05. The average Bonchev–Trinajstić information content (AvgIpc) is 3.02. The van der Waals surface area contributed by atoms with E-state index in [1.165, 1.54) is 28.9 Å². The summed E-state index contributed by atoms with van der Waals surface area (Å²) in [6.45, 7) is 7.35. The standard InChI is InChI=1S/C22H22N4O4/c1-12-8-9-18(10-13(12)2)26-21(28)19(15(4)25-26)14(3)23-24-20(27)16-6-5-7-17(11-16)22(29)30/h5-11,25H,1-4H3,(H,24,27)(H,29,30)/b23-14+. The molecule has 0 aliphatic carbocycles. The molecular weight excluding hydrogens is 384 g/mol. The lowest BCUT2D eigenvalue weighted by Gasteiger charge is -2.05. The van der Waals surface area contributed by atoms with Crippen molar-refractivity contribution in [1.82, 2.24) is 15.2 Å². The van der Waals surface area contributed by atoms with Crippen molar-refractivity contribution in [2.24, 2.45) is 5.10 Å². The fourth-order valence-electron chi connectivity index (χ4n) is 3.07. The molecule has 1 amide bonds. The van der Waals surface area contributed by atoms with Crippen LogP contribution in [0.5, 0.6) is 0 Å². The van der Waals surface area contributed by atoms with E-state index in [1.54, 1.807) is 13.8 Å². The number of aromatic nitrogens is 2. The summed E-state index contributed by atoms with van der Waals surface area (Å²) in [6.07, 6.45) is 0. The van der Waals surface area contributed by atoms with Gasteiger partial charge in [0.1, 0.15) is 0 Å². The van der Waals surface area contributed by atoms with Crippen molar-refractivity contribution in [2.45, 2.75) is 27.7 Å². The Kier molecular flexibility index (Phi) is 5.68. The Bertz CT molecular complexity index is 1230. The van der Waals surface area contributed by atoms with Gasteiger partial charge in [0.05, 0.1) is 22.5 Å². The van der Waals surface area contributed by atoms with Crippen LogP contribution in [-0.4, -0.2) is 32.5 Å². The maximum atomic E-state index is 12.9. The van der Waals surface area contributed by atoms with Gasteiger partial charge in [-0.15, -0.1) is 0 Å². The predicted octanol–water partition coefficient (Wildman–Crippen LogP) is 2.94. The topological polar surface area (TPSA) is 117 Å². The quantitative estimate of drug-likeness (QED) is 0.446. The second kappa shape index (κ2) is 8.20. The highest BCUT2D eigenvalue weighted by Gasteiger charge is 2.16. The first-order valence-electron chi connectivity index (χ1n) is 9.26. The van der Waals surface area contributed by atoms with Crippen LogP contribution in [-0.2, 0) is 0 Å². The van der Waals surface area contributed by atoms with Gasteiger partial charge < -0.3 is 5.11 Å². The second-order valence-corrected chi connectivity index (χ2v) is 7.05. The highest BCUT2D eigenvalue weighted by Crippen LogP contribution is 2.13. The molecule has 1 heterocycles. The van der Waals surface area contributed by atoms with Crippen LogP contribution in [0.1, 0.15) is 50.0 Å². The average molecular weight is 406 g/mol. The molecule has 0 aliphatic rings. The highest BCUT2D eigenvalue weighted by atomic mass is 16.4. The molecule has 0 bridgehead atoms. The fourth-order valence-corrected chi connectivity index (χ4v) is 3.07. The molecule has 0 saturated heterocycles. The summed E-state index contributed by atoms with van der Waals surface area (Å²) in [5.74, 6) is -1.70. The van der Waals surface area contributed by atoms with Gasteiger partial charge in [-0.05, 0) is 69.2 Å². The third-order valence-electron chi connectivity index (χ3n) is 4.88. The number of carbonyl (C=O) groups is 2. The Morgan fingerprint density at radius 1 is 1.03 bits per heavy atom. The van der Waals surface area contributed by atoms with Gasteiger partial charge in [0, 0.05) is 11.3 Å². The monoisotopic (exact) mass is 406 g/mol. The molecule has 0 fully saturated rings. The van der Waals surface area contributed by atoms with E-state index in [0.717, 1.165) is 11.1 Å². The van der Waals surface area contributed by atoms with Gasteiger partial charge in [-0.25, -0.2) is 14.9 Å². The Morgan fingerprint density at radius 2 is 1.73 bits per heavy atom. The van der Waals surface area contributed by atoms with Gasteiger partial charge in [0.2, 0.25) is 0 Å². The first kappa shape index (κ1) is 20.8. The van der Waals surface area contributed by atoms with E-state index >= 15 is 0 Å². The van der Waals surface area contributed by atoms with Gasteiger partial charge >= 0.3 is 5.97 Å². The largest absolute Gasteiger partial charge is 0.478 e. The highest BCUT2D eigenvalue weighted by molar-refractivity contribution is 6.02. The number of aryl methyl sites for hydroxylation is 3. The molecule has 0 unspecified atom stereocenters. The number of amides is 1. The van der Waals surface area contributed by atoms with E-state index < -0.39 is 11.9 Å². The van der Waals surface area contributed by atoms with Gasteiger partial charge in [-0.2, -0.15) is 5.10 Å².